The normalized spacial score (nSPS) is 19.1. The fraction of sp³-hybridized carbons (Fsp3) is 0.333. The maximum absolute atomic E-state index is 14.6. The van der Waals surface area contributed by atoms with E-state index in [1.165, 1.54) is 10.6 Å². The van der Waals surface area contributed by atoms with Crippen LogP contribution in [-0.4, -0.2) is 27.5 Å². The van der Waals surface area contributed by atoms with E-state index in [0.717, 1.165) is 31.7 Å². The molecule has 1 amide bonds. The summed E-state index contributed by atoms with van der Waals surface area (Å²) in [4.78, 5) is 16.1. The summed E-state index contributed by atoms with van der Waals surface area (Å²) in [6, 6.07) is 7.47. The summed E-state index contributed by atoms with van der Waals surface area (Å²) in [6.45, 7) is 0. The molecule has 9 heteroatoms. The molecule has 2 atom stereocenters. The van der Waals surface area contributed by atoms with Crippen LogP contribution in [0.15, 0.2) is 30.3 Å². The fourth-order valence-corrected chi connectivity index (χ4v) is 3.92. The highest BCUT2D eigenvalue weighted by Gasteiger charge is 2.24. The quantitative estimate of drug-likeness (QED) is 0.512. The molecule has 6 N–H and O–H groups in total. The topological polar surface area (TPSA) is 111 Å². The van der Waals surface area contributed by atoms with Gasteiger partial charge in [-0.05, 0) is 37.1 Å². The van der Waals surface area contributed by atoms with E-state index in [1.54, 1.807) is 25.2 Å². The Hall–Kier alpha value is -3.20. The number of pyridine rings is 1. The summed E-state index contributed by atoms with van der Waals surface area (Å²) in [5.41, 5.74) is 12.8. The molecular formula is C21H24F2N6O. The highest BCUT2D eigenvalue weighted by molar-refractivity contribution is 5.99. The van der Waals surface area contributed by atoms with Crippen molar-refractivity contribution in [2.24, 2.45) is 18.5 Å². The molecule has 1 aliphatic rings. The molecule has 1 fully saturated rings. The first kappa shape index (κ1) is 20.1. The second-order valence-electron chi connectivity index (χ2n) is 7.70. The number of nitrogens with zero attached hydrogens (tertiary/aromatic N) is 2. The fourth-order valence-electron chi connectivity index (χ4n) is 3.92. The third kappa shape index (κ3) is 3.80. The zero-order valence-electron chi connectivity index (χ0n) is 16.6. The lowest BCUT2D eigenvalue weighted by Gasteiger charge is -2.30. The molecule has 7 nitrogen and oxygen atoms in total. The lowest BCUT2D eigenvalue weighted by Crippen LogP contribution is -2.43. The van der Waals surface area contributed by atoms with Gasteiger partial charge in [0.1, 0.15) is 5.82 Å². The smallest absolute Gasteiger partial charge is 0.252 e. The highest BCUT2D eigenvalue weighted by Crippen LogP contribution is 2.28. The standard InChI is InChI=1S/C21H24F2N6O/c1-29-17-7-6-12(8-11(17)9-18(29)23)26-20-13(19(25)30)10-14(22)21(28-20)27-16-5-3-2-4-15(16)24/h6-10,15-16H,2-5,24H2,1H3,(H2,25,30)(H2,26,27,28)/t15?,16-/m1/s1. The van der Waals surface area contributed by atoms with Gasteiger partial charge in [0.05, 0.1) is 11.1 Å². The van der Waals surface area contributed by atoms with Gasteiger partial charge in [-0.15, -0.1) is 0 Å². The second-order valence-corrected chi connectivity index (χ2v) is 7.70. The number of amides is 1. The molecule has 2 aromatic heterocycles. The minimum absolute atomic E-state index is 0.0108. The number of fused-ring (bicyclic) bond motifs is 1. The van der Waals surface area contributed by atoms with Crippen LogP contribution >= 0.6 is 0 Å². The van der Waals surface area contributed by atoms with Crippen LogP contribution in [-0.2, 0) is 7.05 Å². The molecule has 0 bridgehead atoms. The zero-order chi connectivity index (χ0) is 21.4. The minimum atomic E-state index is -0.809. The molecule has 30 heavy (non-hydrogen) atoms. The van der Waals surface area contributed by atoms with Gasteiger partial charge in [-0.1, -0.05) is 12.8 Å². The van der Waals surface area contributed by atoms with Crippen molar-refractivity contribution in [3.63, 3.8) is 0 Å². The van der Waals surface area contributed by atoms with Crippen molar-refractivity contribution in [2.45, 2.75) is 37.8 Å². The van der Waals surface area contributed by atoms with E-state index in [-0.39, 0.29) is 35.2 Å². The Labute approximate surface area is 172 Å². The second kappa shape index (κ2) is 7.91. The van der Waals surface area contributed by atoms with Gasteiger partial charge in [-0.3, -0.25) is 4.79 Å². The van der Waals surface area contributed by atoms with Gasteiger partial charge in [0.25, 0.3) is 5.91 Å². The third-order valence-electron chi connectivity index (χ3n) is 5.63. The average Bonchev–Trinajstić information content (AvgIpc) is 2.99. The number of halogens is 2. The lowest BCUT2D eigenvalue weighted by molar-refractivity contribution is 0.100. The summed E-state index contributed by atoms with van der Waals surface area (Å²) in [5.74, 6) is -1.72. The van der Waals surface area contributed by atoms with Crippen LogP contribution in [0.5, 0.6) is 0 Å². The number of hydrogen-bond acceptors (Lipinski definition) is 5. The predicted molar refractivity (Wildman–Crippen MR) is 113 cm³/mol. The number of benzene rings is 1. The Bertz CT molecular complexity index is 1110. The highest BCUT2D eigenvalue weighted by atomic mass is 19.1. The Morgan fingerprint density at radius 3 is 2.67 bits per heavy atom. The van der Waals surface area contributed by atoms with Crippen molar-refractivity contribution in [3.8, 4) is 0 Å². The van der Waals surface area contributed by atoms with E-state index in [1.807, 2.05) is 0 Å². The number of hydrogen-bond donors (Lipinski definition) is 4. The van der Waals surface area contributed by atoms with E-state index in [0.29, 0.717) is 16.6 Å². The molecule has 0 spiro atoms. The zero-order valence-corrected chi connectivity index (χ0v) is 16.6. The summed E-state index contributed by atoms with van der Waals surface area (Å²) < 4.78 is 29.9. The van der Waals surface area contributed by atoms with Gasteiger partial charge in [0, 0.05) is 36.3 Å². The van der Waals surface area contributed by atoms with Crippen LogP contribution in [0.1, 0.15) is 36.0 Å². The van der Waals surface area contributed by atoms with Gasteiger partial charge < -0.3 is 26.7 Å². The summed E-state index contributed by atoms with van der Waals surface area (Å²) in [6.07, 6.45) is 3.73. The molecule has 1 saturated carbocycles. The first-order valence-corrected chi connectivity index (χ1v) is 9.88. The third-order valence-corrected chi connectivity index (χ3v) is 5.63. The Morgan fingerprint density at radius 2 is 1.93 bits per heavy atom. The summed E-state index contributed by atoms with van der Waals surface area (Å²) >= 11 is 0. The van der Waals surface area contributed by atoms with Crippen molar-refractivity contribution in [3.05, 3.63) is 47.7 Å². The van der Waals surface area contributed by atoms with Crippen LogP contribution < -0.4 is 22.1 Å². The van der Waals surface area contributed by atoms with Crippen molar-refractivity contribution in [2.75, 3.05) is 10.6 Å². The molecule has 158 valence electrons. The number of nitrogens with two attached hydrogens (primary N) is 2. The Kier molecular flexibility index (Phi) is 5.29. The number of aromatic nitrogens is 2. The van der Waals surface area contributed by atoms with Crippen LogP contribution in [0.2, 0.25) is 0 Å². The van der Waals surface area contributed by atoms with Crippen molar-refractivity contribution >= 4 is 34.1 Å². The number of carbonyl (C=O) groups excluding carboxylic acids is 1. The van der Waals surface area contributed by atoms with Crippen molar-refractivity contribution in [1.29, 1.82) is 0 Å². The predicted octanol–water partition coefficient (Wildman–Crippen LogP) is 3.38. The number of primary amides is 1. The Balaban J connectivity index is 1.67. The van der Waals surface area contributed by atoms with E-state index < -0.39 is 11.7 Å². The molecular weight excluding hydrogens is 390 g/mol. The molecule has 1 aliphatic carbocycles. The molecule has 0 radical (unpaired) electrons. The summed E-state index contributed by atoms with van der Waals surface area (Å²) in [5, 5.41) is 6.76. The lowest BCUT2D eigenvalue weighted by atomic mass is 9.91. The number of rotatable bonds is 5. The molecule has 1 aromatic carbocycles. The first-order chi connectivity index (χ1) is 14.3. The molecule has 4 rings (SSSR count). The molecule has 0 aliphatic heterocycles. The van der Waals surface area contributed by atoms with Gasteiger partial charge in [0.15, 0.2) is 17.6 Å². The van der Waals surface area contributed by atoms with Crippen molar-refractivity contribution < 1.29 is 13.6 Å². The van der Waals surface area contributed by atoms with E-state index >= 15 is 0 Å². The average molecular weight is 414 g/mol. The largest absolute Gasteiger partial charge is 0.365 e. The van der Waals surface area contributed by atoms with Gasteiger partial charge in [-0.2, -0.15) is 4.39 Å². The van der Waals surface area contributed by atoms with Gasteiger partial charge >= 0.3 is 0 Å². The number of anilines is 3. The number of carbonyl (C=O) groups is 1. The number of nitrogens with one attached hydrogen (secondary N) is 2. The monoisotopic (exact) mass is 414 g/mol. The van der Waals surface area contributed by atoms with Gasteiger partial charge in [0.2, 0.25) is 0 Å². The van der Waals surface area contributed by atoms with E-state index in [4.69, 9.17) is 11.5 Å². The minimum Gasteiger partial charge on any atom is -0.365 e. The van der Waals surface area contributed by atoms with Crippen LogP contribution in [0.4, 0.5) is 26.1 Å². The Morgan fingerprint density at radius 1 is 1.17 bits per heavy atom. The van der Waals surface area contributed by atoms with E-state index in [2.05, 4.69) is 15.6 Å². The molecule has 1 unspecified atom stereocenters. The van der Waals surface area contributed by atoms with Crippen LogP contribution in [0.3, 0.4) is 0 Å². The molecule has 2 heterocycles. The van der Waals surface area contributed by atoms with Gasteiger partial charge in [-0.25, -0.2) is 9.37 Å². The molecule has 3 aromatic rings. The van der Waals surface area contributed by atoms with Crippen LogP contribution in [0, 0.1) is 11.8 Å². The maximum Gasteiger partial charge on any atom is 0.252 e. The van der Waals surface area contributed by atoms with E-state index in [9.17, 15) is 13.6 Å². The maximum atomic E-state index is 14.6. The molecule has 0 saturated heterocycles. The van der Waals surface area contributed by atoms with Crippen molar-refractivity contribution in [1.82, 2.24) is 9.55 Å². The SMILES string of the molecule is Cn1c(F)cc2cc(Nc3nc(N[C@@H]4CCCCC4N)c(F)cc3C(N)=O)ccc21. The number of aryl methyl sites for hydroxylation is 1. The van der Waals surface area contributed by atoms with Crippen LogP contribution in [0.25, 0.3) is 10.9 Å². The first-order valence-electron chi connectivity index (χ1n) is 9.88. The summed E-state index contributed by atoms with van der Waals surface area (Å²) in [7, 11) is 1.63.